The molecule has 0 radical (unpaired) electrons. The molecule has 4 heteroatoms. The molecule has 20 heavy (non-hydrogen) atoms. The van der Waals surface area contributed by atoms with E-state index in [9.17, 15) is 4.79 Å². The number of likely N-dealkylation sites (tertiary alicyclic amines) is 1. The molecule has 110 valence electrons. The third kappa shape index (κ3) is 3.97. The van der Waals surface area contributed by atoms with Crippen molar-refractivity contribution < 1.29 is 14.6 Å². The summed E-state index contributed by atoms with van der Waals surface area (Å²) >= 11 is 0. The Bertz CT molecular complexity index is 445. The molecule has 1 heterocycles. The molecule has 2 rings (SSSR count). The Morgan fingerprint density at radius 3 is 3.10 bits per heavy atom. The maximum absolute atomic E-state index is 12.3. The van der Waals surface area contributed by atoms with Crippen LogP contribution in [0.1, 0.15) is 24.8 Å². The van der Waals surface area contributed by atoms with E-state index in [0.717, 1.165) is 43.7 Å². The third-order valence-corrected chi connectivity index (χ3v) is 3.90. The van der Waals surface area contributed by atoms with Crippen LogP contribution in [0.15, 0.2) is 24.3 Å². The minimum atomic E-state index is 0.167. The Labute approximate surface area is 120 Å². The lowest BCUT2D eigenvalue weighted by atomic mass is 9.94. The largest absolute Gasteiger partial charge is 0.497 e. The molecule has 1 N–H and O–H groups in total. The summed E-state index contributed by atoms with van der Waals surface area (Å²) in [6.45, 7) is 1.83. The van der Waals surface area contributed by atoms with Crippen LogP contribution in [0, 0.1) is 5.92 Å². The van der Waals surface area contributed by atoms with Crippen molar-refractivity contribution in [3.05, 3.63) is 29.8 Å². The number of carbonyl (C=O) groups excluding carboxylic acids is 1. The van der Waals surface area contributed by atoms with Gasteiger partial charge in [-0.1, -0.05) is 12.1 Å². The number of nitrogens with zero attached hydrogens (tertiary/aromatic N) is 1. The van der Waals surface area contributed by atoms with Crippen LogP contribution in [-0.4, -0.2) is 42.7 Å². The zero-order valence-electron chi connectivity index (χ0n) is 12.0. The zero-order chi connectivity index (χ0) is 14.4. The molecule has 1 aromatic rings. The highest BCUT2D eigenvalue weighted by Crippen LogP contribution is 2.20. The topological polar surface area (TPSA) is 49.8 Å². The number of aliphatic hydroxyl groups is 1. The maximum atomic E-state index is 12.3. The molecule has 1 aliphatic heterocycles. The van der Waals surface area contributed by atoms with Gasteiger partial charge in [-0.2, -0.15) is 0 Å². The first kappa shape index (κ1) is 14.9. The fourth-order valence-electron chi connectivity index (χ4n) is 2.78. The highest BCUT2D eigenvalue weighted by Gasteiger charge is 2.23. The second-order valence-electron chi connectivity index (χ2n) is 5.39. The molecule has 0 spiro atoms. The number of benzene rings is 1. The summed E-state index contributed by atoms with van der Waals surface area (Å²) in [5.74, 6) is 1.40. The number of hydrogen-bond donors (Lipinski definition) is 1. The van der Waals surface area contributed by atoms with Gasteiger partial charge in [-0.25, -0.2) is 0 Å². The van der Waals surface area contributed by atoms with Crippen molar-refractivity contribution in [1.29, 1.82) is 0 Å². The van der Waals surface area contributed by atoms with Gasteiger partial charge in [-0.05, 0) is 42.9 Å². The van der Waals surface area contributed by atoms with Crippen LogP contribution < -0.4 is 4.74 Å². The Hall–Kier alpha value is -1.55. The van der Waals surface area contributed by atoms with Crippen LogP contribution in [-0.2, 0) is 11.2 Å². The van der Waals surface area contributed by atoms with Crippen LogP contribution in [0.5, 0.6) is 5.75 Å². The SMILES string of the molecule is COc1cccc(CC(=O)N2CCCC(CCO)C2)c1. The van der Waals surface area contributed by atoms with E-state index in [0.29, 0.717) is 12.3 Å². The average molecular weight is 277 g/mol. The summed E-state index contributed by atoms with van der Waals surface area (Å²) in [4.78, 5) is 14.3. The van der Waals surface area contributed by atoms with Gasteiger partial charge in [-0.3, -0.25) is 4.79 Å². The van der Waals surface area contributed by atoms with Gasteiger partial charge in [0.1, 0.15) is 5.75 Å². The molecule has 1 aliphatic rings. The summed E-state index contributed by atoms with van der Waals surface area (Å²) < 4.78 is 5.18. The zero-order valence-corrected chi connectivity index (χ0v) is 12.0. The molecule has 1 atom stereocenters. The summed E-state index contributed by atoms with van der Waals surface area (Å²) in [7, 11) is 1.63. The number of amides is 1. The van der Waals surface area contributed by atoms with E-state index in [1.807, 2.05) is 29.2 Å². The van der Waals surface area contributed by atoms with Gasteiger partial charge in [0, 0.05) is 19.7 Å². The van der Waals surface area contributed by atoms with Crippen molar-refractivity contribution >= 4 is 5.91 Å². The number of aliphatic hydroxyl groups excluding tert-OH is 1. The van der Waals surface area contributed by atoms with E-state index in [1.54, 1.807) is 7.11 Å². The summed E-state index contributed by atoms with van der Waals surface area (Å²) in [6.07, 6.45) is 3.37. The van der Waals surface area contributed by atoms with Gasteiger partial charge in [0.25, 0.3) is 0 Å². The van der Waals surface area contributed by atoms with Crippen molar-refractivity contribution in [2.24, 2.45) is 5.92 Å². The van der Waals surface area contributed by atoms with Gasteiger partial charge >= 0.3 is 0 Å². The number of rotatable bonds is 5. The second kappa shape index (κ2) is 7.29. The Balaban J connectivity index is 1.93. The van der Waals surface area contributed by atoms with Crippen LogP contribution in [0.2, 0.25) is 0 Å². The number of piperidine rings is 1. The van der Waals surface area contributed by atoms with Gasteiger partial charge in [0.15, 0.2) is 0 Å². The first-order valence-corrected chi connectivity index (χ1v) is 7.24. The highest BCUT2D eigenvalue weighted by atomic mass is 16.5. The monoisotopic (exact) mass is 277 g/mol. The normalized spacial score (nSPS) is 18.9. The Morgan fingerprint density at radius 1 is 1.50 bits per heavy atom. The van der Waals surface area contributed by atoms with E-state index < -0.39 is 0 Å². The molecule has 0 bridgehead atoms. The number of carbonyl (C=O) groups is 1. The molecule has 1 fully saturated rings. The Morgan fingerprint density at radius 2 is 2.35 bits per heavy atom. The van der Waals surface area contributed by atoms with Crippen molar-refractivity contribution in [2.75, 3.05) is 26.8 Å². The fraction of sp³-hybridized carbons (Fsp3) is 0.562. The second-order valence-corrected chi connectivity index (χ2v) is 5.39. The number of hydrogen-bond acceptors (Lipinski definition) is 3. The van der Waals surface area contributed by atoms with Crippen molar-refractivity contribution in [2.45, 2.75) is 25.7 Å². The lowest BCUT2D eigenvalue weighted by molar-refractivity contribution is -0.132. The minimum Gasteiger partial charge on any atom is -0.497 e. The first-order chi connectivity index (χ1) is 9.72. The van der Waals surface area contributed by atoms with Crippen LogP contribution >= 0.6 is 0 Å². The lowest BCUT2D eigenvalue weighted by Gasteiger charge is -2.32. The van der Waals surface area contributed by atoms with E-state index in [2.05, 4.69) is 0 Å². The molecule has 4 nitrogen and oxygen atoms in total. The fourth-order valence-corrected chi connectivity index (χ4v) is 2.78. The molecule has 1 unspecified atom stereocenters. The molecule has 0 saturated carbocycles. The molecular weight excluding hydrogens is 254 g/mol. The van der Waals surface area contributed by atoms with Crippen molar-refractivity contribution in [3.8, 4) is 5.75 Å². The lowest BCUT2D eigenvalue weighted by Crippen LogP contribution is -2.40. The quantitative estimate of drug-likeness (QED) is 0.893. The predicted octanol–water partition coefficient (Wildman–Crippen LogP) is 1.86. The number of ether oxygens (including phenoxy) is 1. The van der Waals surface area contributed by atoms with E-state index in [-0.39, 0.29) is 12.5 Å². The van der Waals surface area contributed by atoms with Crippen molar-refractivity contribution in [1.82, 2.24) is 4.90 Å². The summed E-state index contributed by atoms with van der Waals surface area (Å²) in [6, 6.07) is 7.65. The van der Waals surface area contributed by atoms with E-state index in [1.165, 1.54) is 0 Å². The third-order valence-electron chi connectivity index (χ3n) is 3.90. The first-order valence-electron chi connectivity index (χ1n) is 7.24. The molecule has 1 aromatic carbocycles. The van der Waals surface area contributed by atoms with Gasteiger partial charge < -0.3 is 14.7 Å². The Kier molecular flexibility index (Phi) is 5.41. The minimum absolute atomic E-state index is 0.167. The van der Waals surface area contributed by atoms with Crippen molar-refractivity contribution in [3.63, 3.8) is 0 Å². The average Bonchev–Trinajstić information content (AvgIpc) is 2.48. The van der Waals surface area contributed by atoms with Crippen LogP contribution in [0.25, 0.3) is 0 Å². The van der Waals surface area contributed by atoms with Crippen LogP contribution in [0.4, 0.5) is 0 Å². The van der Waals surface area contributed by atoms with Crippen LogP contribution in [0.3, 0.4) is 0 Å². The van der Waals surface area contributed by atoms with E-state index >= 15 is 0 Å². The summed E-state index contributed by atoms with van der Waals surface area (Å²) in [5, 5.41) is 9.02. The molecule has 1 saturated heterocycles. The smallest absolute Gasteiger partial charge is 0.227 e. The van der Waals surface area contributed by atoms with Gasteiger partial charge in [0.05, 0.1) is 13.5 Å². The molecule has 0 aliphatic carbocycles. The summed E-state index contributed by atoms with van der Waals surface area (Å²) in [5.41, 5.74) is 0.985. The molecular formula is C16H23NO3. The molecule has 0 aromatic heterocycles. The maximum Gasteiger partial charge on any atom is 0.227 e. The molecule has 1 amide bonds. The van der Waals surface area contributed by atoms with E-state index in [4.69, 9.17) is 9.84 Å². The number of methoxy groups -OCH3 is 1. The standard InChI is InChI=1S/C16H23NO3/c1-20-15-6-2-4-14(10-15)11-16(19)17-8-3-5-13(12-17)7-9-18/h2,4,6,10,13,18H,3,5,7-9,11-12H2,1H3. The van der Waals surface area contributed by atoms with Gasteiger partial charge in [0.2, 0.25) is 5.91 Å². The highest BCUT2D eigenvalue weighted by molar-refractivity contribution is 5.79. The predicted molar refractivity (Wildman–Crippen MR) is 77.7 cm³/mol. The van der Waals surface area contributed by atoms with Gasteiger partial charge in [-0.15, -0.1) is 0 Å².